The zero-order valence-electron chi connectivity index (χ0n) is 14.5. The van der Waals surface area contributed by atoms with Crippen molar-refractivity contribution in [2.45, 2.75) is 50.6 Å². The zero-order chi connectivity index (χ0) is 18.1. The predicted molar refractivity (Wildman–Crippen MR) is 91.5 cm³/mol. The Labute approximate surface area is 151 Å². The normalized spacial score (nSPS) is 21.9. The van der Waals surface area contributed by atoms with E-state index in [4.69, 9.17) is 0 Å². The number of alkyl halides is 2. The first-order valence-corrected chi connectivity index (χ1v) is 9.11. The number of benzene rings is 1. The fourth-order valence-electron chi connectivity index (χ4n) is 3.59. The van der Waals surface area contributed by atoms with Gasteiger partial charge in [-0.25, -0.2) is 8.78 Å². The van der Waals surface area contributed by atoms with Gasteiger partial charge in [-0.3, -0.25) is 4.79 Å². The lowest BCUT2D eigenvalue weighted by Crippen LogP contribution is -2.34. The van der Waals surface area contributed by atoms with E-state index in [0.717, 1.165) is 24.9 Å². The predicted octanol–water partition coefficient (Wildman–Crippen LogP) is 3.23. The van der Waals surface area contributed by atoms with Gasteiger partial charge >= 0.3 is 0 Å². The van der Waals surface area contributed by atoms with Gasteiger partial charge in [-0.2, -0.15) is 0 Å². The molecular formula is C19H22F2N4O. The third-order valence-corrected chi connectivity index (χ3v) is 5.16. The first kappa shape index (κ1) is 17.1. The highest BCUT2D eigenvalue weighted by Crippen LogP contribution is 2.41. The van der Waals surface area contributed by atoms with E-state index in [1.807, 2.05) is 34.9 Å². The highest BCUT2D eigenvalue weighted by atomic mass is 19.3. The van der Waals surface area contributed by atoms with Crippen molar-refractivity contribution in [3.8, 4) is 0 Å². The van der Waals surface area contributed by atoms with Crippen LogP contribution in [-0.2, 0) is 17.8 Å². The minimum absolute atomic E-state index is 0.216. The van der Waals surface area contributed by atoms with Crippen LogP contribution in [0.2, 0.25) is 0 Å². The molecule has 2 aliphatic rings. The van der Waals surface area contributed by atoms with Gasteiger partial charge in [0, 0.05) is 19.4 Å². The number of hydrogen-bond acceptors (Lipinski definition) is 3. The number of likely N-dealkylation sites (tertiary alicyclic amines) is 1. The highest BCUT2D eigenvalue weighted by molar-refractivity contribution is 5.77. The van der Waals surface area contributed by atoms with E-state index in [0.29, 0.717) is 18.2 Å². The van der Waals surface area contributed by atoms with Crippen LogP contribution in [0.1, 0.15) is 43.1 Å². The molecule has 1 aromatic heterocycles. The monoisotopic (exact) mass is 360 g/mol. The molecular weight excluding hydrogens is 338 g/mol. The summed E-state index contributed by atoms with van der Waals surface area (Å²) in [5, 5.41) is 7.99. The number of carbonyl (C=O) groups is 1. The van der Waals surface area contributed by atoms with Crippen LogP contribution in [0.15, 0.2) is 36.7 Å². The average Bonchev–Trinajstić information content (AvgIpc) is 3.21. The third-order valence-electron chi connectivity index (χ3n) is 5.16. The lowest BCUT2D eigenvalue weighted by atomic mass is 10.1. The van der Waals surface area contributed by atoms with Crippen LogP contribution in [-0.4, -0.2) is 38.0 Å². The molecule has 138 valence electrons. The van der Waals surface area contributed by atoms with Crippen molar-refractivity contribution in [3.05, 3.63) is 48.0 Å². The van der Waals surface area contributed by atoms with E-state index in [9.17, 15) is 13.6 Å². The van der Waals surface area contributed by atoms with E-state index in [-0.39, 0.29) is 18.7 Å². The number of aromatic nitrogens is 3. The van der Waals surface area contributed by atoms with Crippen LogP contribution < -0.4 is 0 Å². The van der Waals surface area contributed by atoms with Crippen LogP contribution in [0.4, 0.5) is 8.78 Å². The van der Waals surface area contributed by atoms with Gasteiger partial charge in [-0.15, -0.1) is 10.2 Å². The molecule has 1 saturated heterocycles. The number of hydrogen-bond donors (Lipinski definition) is 0. The molecule has 4 rings (SSSR count). The van der Waals surface area contributed by atoms with E-state index in [1.54, 1.807) is 6.33 Å². The minimum Gasteiger partial charge on any atom is -0.326 e. The van der Waals surface area contributed by atoms with Gasteiger partial charge in [0.2, 0.25) is 5.91 Å². The van der Waals surface area contributed by atoms with Crippen LogP contribution in [0.5, 0.6) is 0 Å². The molecule has 1 aliphatic carbocycles. The van der Waals surface area contributed by atoms with Gasteiger partial charge in [-0.1, -0.05) is 30.3 Å². The molecule has 26 heavy (non-hydrogen) atoms. The number of carbonyl (C=O) groups excluding carboxylic acids is 1. The zero-order valence-corrected chi connectivity index (χ0v) is 14.5. The van der Waals surface area contributed by atoms with Crippen LogP contribution in [0.25, 0.3) is 0 Å². The van der Waals surface area contributed by atoms with E-state index in [1.165, 1.54) is 4.90 Å². The molecule has 2 heterocycles. The second-order valence-electron chi connectivity index (χ2n) is 7.37. The second kappa shape index (κ2) is 6.78. The van der Waals surface area contributed by atoms with Gasteiger partial charge in [-0.05, 0) is 30.7 Å². The molecule has 7 heteroatoms. The number of nitrogens with zero attached hydrogens (tertiary/aromatic N) is 4. The Balaban J connectivity index is 1.49. The molecule has 2 aromatic rings. The van der Waals surface area contributed by atoms with Crippen LogP contribution in [0.3, 0.4) is 0 Å². The van der Waals surface area contributed by atoms with Crippen LogP contribution >= 0.6 is 0 Å². The maximum atomic E-state index is 14.1. The number of amides is 1. The molecule has 5 nitrogen and oxygen atoms in total. The number of aryl methyl sites for hydroxylation is 1. The lowest BCUT2D eigenvalue weighted by Gasteiger charge is -2.24. The number of halogens is 2. The summed E-state index contributed by atoms with van der Waals surface area (Å²) in [5.74, 6) is -2.07. The fourth-order valence-corrected chi connectivity index (χ4v) is 3.59. The van der Waals surface area contributed by atoms with E-state index in [2.05, 4.69) is 10.2 Å². The Morgan fingerprint density at radius 2 is 2.00 bits per heavy atom. The molecule has 1 aliphatic heterocycles. The summed E-state index contributed by atoms with van der Waals surface area (Å²) >= 11 is 0. The van der Waals surface area contributed by atoms with Gasteiger partial charge < -0.3 is 9.47 Å². The second-order valence-corrected chi connectivity index (χ2v) is 7.37. The van der Waals surface area contributed by atoms with Crippen molar-refractivity contribution in [1.29, 1.82) is 0 Å². The van der Waals surface area contributed by atoms with Crippen molar-refractivity contribution in [2.75, 3.05) is 6.54 Å². The van der Waals surface area contributed by atoms with Crippen molar-refractivity contribution >= 4 is 5.91 Å². The Bertz CT molecular complexity index is 773. The first-order valence-electron chi connectivity index (χ1n) is 9.11. The average molecular weight is 360 g/mol. The van der Waals surface area contributed by atoms with Crippen LogP contribution in [0, 0.1) is 5.92 Å². The van der Waals surface area contributed by atoms with E-state index < -0.39 is 18.5 Å². The molecule has 0 radical (unpaired) electrons. The standard InChI is InChI=1S/C19H22F2N4O/c20-19(21)10-16(18-23-22-13-24(18)11-15-6-7-15)25(12-19)17(26)9-8-14-4-2-1-3-5-14/h1-5,13,15-16H,6-12H2/t16-/m0/s1. The van der Waals surface area contributed by atoms with Crippen molar-refractivity contribution < 1.29 is 13.6 Å². The summed E-state index contributed by atoms with van der Waals surface area (Å²) < 4.78 is 30.1. The molecule has 0 bridgehead atoms. The lowest BCUT2D eigenvalue weighted by molar-refractivity contribution is -0.133. The fraction of sp³-hybridized carbons (Fsp3) is 0.526. The largest absolute Gasteiger partial charge is 0.326 e. The summed E-state index contributed by atoms with van der Waals surface area (Å²) in [4.78, 5) is 14.0. The molecule has 0 spiro atoms. The maximum Gasteiger partial charge on any atom is 0.267 e. The van der Waals surface area contributed by atoms with Crippen molar-refractivity contribution in [3.63, 3.8) is 0 Å². The third kappa shape index (κ3) is 3.76. The van der Waals surface area contributed by atoms with Crippen molar-refractivity contribution in [2.24, 2.45) is 5.92 Å². The topological polar surface area (TPSA) is 51.0 Å². The molecule has 1 amide bonds. The van der Waals surface area contributed by atoms with Crippen molar-refractivity contribution in [1.82, 2.24) is 19.7 Å². The smallest absolute Gasteiger partial charge is 0.267 e. The van der Waals surface area contributed by atoms with Gasteiger partial charge in [0.25, 0.3) is 5.92 Å². The summed E-state index contributed by atoms with van der Waals surface area (Å²) in [7, 11) is 0. The molecule has 0 N–H and O–H groups in total. The maximum absolute atomic E-state index is 14.1. The molecule has 2 fully saturated rings. The first-order chi connectivity index (χ1) is 12.5. The molecule has 1 aromatic carbocycles. The Kier molecular flexibility index (Phi) is 4.46. The SMILES string of the molecule is O=C(CCc1ccccc1)N1CC(F)(F)C[C@H]1c1nncn1CC1CC1. The Hall–Kier alpha value is -2.31. The summed E-state index contributed by atoms with van der Waals surface area (Å²) in [6.45, 7) is 0.206. The molecule has 1 atom stereocenters. The molecule has 0 unspecified atom stereocenters. The minimum atomic E-state index is -2.89. The summed E-state index contributed by atoms with van der Waals surface area (Å²) in [6, 6.07) is 8.91. The summed E-state index contributed by atoms with van der Waals surface area (Å²) in [5.41, 5.74) is 1.03. The highest BCUT2D eigenvalue weighted by Gasteiger charge is 2.49. The number of rotatable bonds is 6. The van der Waals surface area contributed by atoms with Gasteiger partial charge in [0.05, 0.1) is 12.6 Å². The quantitative estimate of drug-likeness (QED) is 0.795. The van der Waals surface area contributed by atoms with E-state index >= 15 is 0 Å². The Morgan fingerprint density at radius 3 is 2.73 bits per heavy atom. The van der Waals surface area contributed by atoms with Gasteiger partial charge in [0.1, 0.15) is 6.33 Å². The Morgan fingerprint density at radius 1 is 1.23 bits per heavy atom. The van der Waals surface area contributed by atoms with Gasteiger partial charge in [0.15, 0.2) is 5.82 Å². The molecule has 1 saturated carbocycles. The summed E-state index contributed by atoms with van der Waals surface area (Å²) in [6.07, 6.45) is 4.27.